The Morgan fingerprint density at radius 2 is 1.70 bits per heavy atom. The summed E-state index contributed by atoms with van der Waals surface area (Å²) in [5.41, 5.74) is 0. The normalized spacial score (nSPS) is 11.7. The van der Waals surface area contributed by atoms with E-state index in [9.17, 15) is 0 Å². The van der Waals surface area contributed by atoms with Gasteiger partial charge in [0.25, 0.3) is 0 Å². The third-order valence-corrected chi connectivity index (χ3v) is 3.43. The number of rotatable bonds is 13. The van der Waals surface area contributed by atoms with Crippen LogP contribution in [0.15, 0.2) is 4.99 Å². The minimum absolute atomic E-state index is 0.672. The lowest BCUT2D eigenvalue weighted by molar-refractivity contribution is 0.0689. The fraction of sp³-hybridized carbons (Fsp3) is 0.929. The summed E-state index contributed by atoms with van der Waals surface area (Å²) < 4.78 is 10.3. The predicted molar refractivity (Wildman–Crippen MR) is 88.9 cm³/mol. The first-order valence-electron chi connectivity index (χ1n) is 7.35. The van der Waals surface area contributed by atoms with Crippen molar-refractivity contribution in [2.75, 3.05) is 59.1 Å². The number of thioether (sulfide) groups is 1. The molecule has 0 rings (SSSR count). The average Bonchev–Trinajstić information content (AvgIpc) is 2.47. The van der Waals surface area contributed by atoms with Crippen LogP contribution in [0.2, 0.25) is 0 Å². The van der Waals surface area contributed by atoms with Crippen LogP contribution < -0.4 is 10.6 Å². The second kappa shape index (κ2) is 16.6. The molecule has 0 aliphatic carbocycles. The number of guanidine groups is 1. The molecular weight excluding hydrogens is 274 g/mol. The van der Waals surface area contributed by atoms with Crippen molar-refractivity contribution in [3.63, 3.8) is 0 Å². The first kappa shape index (κ1) is 19.5. The van der Waals surface area contributed by atoms with E-state index < -0.39 is 0 Å². The molecule has 0 amide bonds. The molecule has 120 valence electrons. The fourth-order valence-corrected chi connectivity index (χ4v) is 2.07. The molecule has 6 heteroatoms. The average molecular weight is 305 g/mol. The first-order chi connectivity index (χ1) is 9.85. The van der Waals surface area contributed by atoms with E-state index in [1.54, 1.807) is 7.11 Å². The number of unbranched alkanes of at least 4 members (excludes halogenated alkanes) is 2. The monoisotopic (exact) mass is 305 g/mol. The quantitative estimate of drug-likeness (QED) is 0.308. The van der Waals surface area contributed by atoms with Crippen LogP contribution in [-0.2, 0) is 9.47 Å². The van der Waals surface area contributed by atoms with Crippen LogP contribution in [0.1, 0.15) is 25.7 Å². The van der Waals surface area contributed by atoms with Crippen molar-refractivity contribution >= 4 is 17.7 Å². The van der Waals surface area contributed by atoms with Gasteiger partial charge in [-0.2, -0.15) is 11.8 Å². The predicted octanol–water partition coefficient (Wildman–Crippen LogP) is 1.74. The summed E-state index contributed by atoms with van der Waals surface area (Å²) in [5, 5.41) is 6.64. The largest absolute Gasteiger partial charge is 0.382 e. The molecule has 0 spiro atoms. The van der Waals surface area contributed by atoms with Crippen LogP contribution in [0.4, 0.5) is 0 Å². The van der Waals surface area contributed by atoms with Crippen LogP contribution in [0.5, 0.6) is 0 Å². The van der Waals surface area contributed by atoms with E-state index in [1.165, 1.54) is 18.6 Å². The zero-order valence-corrected chi connectivity index (χ0v) is 14.1. The highest BCUT2D eigenvalue weighted by Crippen LogP contribution is 1.97. The number of ether oxygens (including phenoxy) is 2. The van der Waals surface area contributed by atoms with Crippen LogP contribution >= 0.6 is 11.8 Å². The van der Waals surface area contributed by atoms with Gasteiger partial charge in [0.2, 0.25) is 0 Å². The smallest absolute Gasteiger partial charge is 0.190 e. The maximum Gasteiger partial charge on any atom is 0.190 e. The van der Waals surface area contributed by atoms with E-state index in [1.807, 2.05) is 18.8 Å². The van der Waals surface area contributed by atoms with Gasteiger partial charge < -0.3 is 20.1 Å². The van der Waals surface area contributed by atoms with Gasteiger partial charge in [-0.15, -0.1) is 0 Å². The van der Waals surface area contributed by atoms with Gasteiger partial charge in [0.15, 0.2) is 5.96 Å². The molecule has 0 aliphatic heterocycles. The molecule has 0 aromatic heterocycles. The molecule has 0 bridgehead atoms. The Hall–Kier alpha value is -0.460. The maximum atomic E-state index is 5.41. The molecule has 0 saturated carbocycles. The Balaban J connectivity index is 3.33. The molecular formula is C14H31N3O2S. The van der Waals surface area contributed by atoms with Crippen molar-refractivity contribution in [3.8, 4) is 0 Å². The van der Waals surface area contributed by atoms with Crippen LogP contribution in [0.25, 0.3) is 0 Å². The number of aliphatic imine (C=N–C) groups is 1. The Kier molecular flexibility index (Phi) is 16.2. The highest BCUT2D eigenvalue weighted by molar-refractivity contribution is 7.98. The Morgan fingerprint density at radius 3 is 2.30 bits per heavy atom. The molecule has 0 radical (unpaired) electrons. The Labute approximate surface area is 128 Å². The Morgan fingerprint density at radius 1 is 1.00 bits per heavy atom. The molecule has 0 saturated heterocycles. The molecule has 0 unspecified atom stereocenters. The molecule has 0 aromatic rings. The SMILES string of the molecule is CN=C(NCCCCOCCOC)NCCCCSC. The van der Waals surface area contributed by atoms with Gasteiger partial charge in [-0.1, -0.05) is 0 Å². The standard InChI is InChI=1S/C14H31N3O2S/c1-15-14(17-9-5-7-13-20-3)16-8-4-6-10-19-12-11-18-2/h4-13H2,1-3H3,(H2,15,16,17). The van der Waals surface area contributed by atoms with E-state index in [0.29, 0.717) is 13.2 Å². The molecule has 2 N–H and O–H groups in total. The fourth-order valence-electron chi connectivity index (χ4n) is 1.58. The summed E-state index contributed by atoms with van der Waals surface area (Å²) in [6.07, 6.45) is 6.73. The molecule has 0 fully saturated rings. The second-order valence-electron chi connectivity index (χ2n) is 4.44. The first-order valence-corrected chi connectivity index (χ1v) is 8.74. The summed E-state index contributed by atoms with van der Waals surface area (Å²) in [7, 11) is 3.50. The van der Waals surface area contributed by atoms with Gasteiger partial charge in [0, 0.05) is 33.9 Å². The third kappa shape index (κ3) is 14.0. The van der Waals surface area contributed by atoms with E-state index in [2.05, 4.69) is 21.9 Å². The van der Waals surface area contributed by atoms with E-state index >= 15 is 0 Å². The van der Waals surface area contributed by atoms with Gasteiger partial charge in [-0.3, -0.25) is 4.99 Å². The van der Waals surface area contributed by atoms with Crippen LogP contribution in [0, 0.1) is 0 Å². The van der Waals surface area contributed by atoms with Gasteiger partial charge in [-0.05, 0) is 37.7 Å². The minimum Gasteiger partial charge on any atom is -0.382 e. The number of methoxy groups -OCH3 is 1. The minimum atomic E-state index is 0.672. The molecule has 5 nitrogen and oxygen atoms in total. The highest BCUT2D eigenvalue weighted by atomic mass is 32.2. The number of nitrogens with one attached hydrogen (secondary N) is 2. The van der Waals surface area contributed by atoms with E-state index in [-0.39, 0.29) is 0 Å². The van der Waals surface area contributed by atoms with Crippen LogP contribution in [-0.4, -0.2) is 65.0 Å². The number of hydrogen-bond acceptors (Lipinski definition) is 4. The maximum absolute atomic E-state index is 5.41. The van der Waals surface area contributed by atoms with Gasteiger partial charge >= 0.3 is 0 Å². The summed E-state index contributed by atoms with van der Waals surface area (Å²) in [6, 6.07) is 0. The number of hydrogen-bond donors (Lipinski definition) is 2. The lowest BCUT2D eigenvalue weighted by Crippen LogP contribution is -2.38. The van der Waals surface area contributed by atoms with Gasteiger partial charge in [0.05, 0.1) is 13.2 Å². The lowest BCUT2D eigenvalue weighted by Gasteiger charge is -2.11. The van der Waals surface area contributed by atoms with Crippen molar-refractivity contribution in [1.29, 1.82) is 0 Å². The van der Waals surface area contributed by atoms with Crippen LogP contribution in [0.3, 0.4) is 0 Å². The summed E-state index contributed by atoms with van der Waals surface area (Å²) in [4.78, 5) is 4.21. The second-order valence-corrected chi connectivity index (χ2v) is 5.42. The zero-order chi connectivity index (χ0) is 14.9. The van der Waals surface area contributed by atoms with E-state index in [4.69, 9.17) is 9.47 Å². The number of nitrogens with zero attached hydrogens (tertiary/aromatic N) is 1. The van der Waals surface area contributed by atoms with Crippen molar-refractivity contribution in [1.82, 2.24) is 10.6 Å². The van der Waals surface area contributed by atoms with Gasteiger partial charge in [-0.25, -0.2) is 0 Å². The van der Waals surface area contributed by atoms with Crippen molar-refractivity contribution < 1.29 is 9.47 Å². The summed E-state index contributed by atoms with van der Waals surface area (Å²) in [6.45, 7) is 4.07. The topological polar surface area (TPSA) is 54.9 Å². The summed E-state index contributed by atoms with van der Waals surface area (Å²) in [5.74, 6) is 2.13. The molecule has 0 heterocycles. The Bertz CT molecular complexity index is 228. The molecule has 20 heavy (non-hydrogen) atoms. The third-order valence-electron chi connectivity index (χ3n) is 2.73. The lowest BCUT2D eigenvalue weighted by atomic mass is 10.3. The molecule has 0 atom stereocenters. The summed E-state index contributed by atoms with van der Waals surface area (Å²) >= 11 is 1.90. The molecule has 0 aromatic carbocycles. The van der Waals surface area contributed by atoms with Crippen molar-refractivity contribution in [2.24, 2.45) is 4.99 Å². The van der Waals surface area contributed by atoms with Crippen molar-refractivity contribution in [2.45, 2.75) is 25.7 Å². The zero-order valence-electron chi connectivity index (χ0n) is 13.2. The van der Waals surface area contributed by atoms with Crippen molar-refractivity contribution in [3.05, 3.63) is 0 Å². The van der Waals surface area contributed by atoms with E-state index in [0.717, 1.165) is 38.5 Å². The highest BCUT2D eigenvalue weighted by Gasteiger charge is 1.96. The molecule has 0 aliphatic rings. The van der Waals surface area contributed by atoms with Gasteiger partial charge in [0.1, 0.15) is 0 Å².